The summed E-state index contributed by atoms with van der Waals surface area (Å²) in [6.07, 6.45) is 2.55. The Kier molecular flexibility index (Phi) is 5.27. The van der Waals surface area contributed by atoms with Crippen molar-refractivity contribution in [2.75, 3.05) is 46.4 Å². The summed E-state index contributed by atoms with van der Waals surface area (Å²) in [6, 6.07) is 7.24. The number of piperazine rings is 1. The van der Waals surface area contributed by atoms with Gasteiger partial charge in [0.2, 0.25) is 0 Å². The van der Waals surface area contributed by atoms with Gasteiger partial charge in [-0.3, -0.25) is 14.5 Å². The van der Waals surface area contributed by atoms with Gasteiger partial charge < -0.3 is 14.6 Å². The van der Waals surface area contributed by atoms with Crippen LogP contribution in [0.1, 0.15) is 16.8 Å². The predicted octanol–water partition coefficient (Wildman–Crippen LogP) is 1.32. The van der Waals surface area contributed by atoms with Gasteiger partial charge in [-0.2, -0.15) is 0 Å². The fraction of sp³-hybridized carbons (Fsp3) is 0.444. The lowest BCUT2D eigenvalue weighted by Crippen LogP contribution is -2.49. The van der Waals surface area contributed by atoms with Gasteiger partial charge in [-0.05, 0) is 12.5 Å². The smallest absolute Gasteiger partial charge is 0.256 e. The Balaban J connectivity index is 1.70. The summed E-state index contributed by atoms with van der Waals surface area (Å²) in [5, 5.41) is 1.27. The lowest BCUT2D eigenvalue weighted by molar-refractivity contribution is 0.0625. The fourth-order valence-electron chi connectivity index (χ4n) is 3.16. The Labute approximate surface area is 141 Å². The second kappa shape index (κ2) is 7.59. The molecule has 0 unspecified atom stereocenters. The number of hydrogen-bond acceptors (Lipinski definition) is 4. The molecule has 24 heavy (non-hydrogen) atoms. The highest BCUT2D eigenvalue weighted by Crippen LogP contribution is 2.17. The summed E-state index contributed by atoms with van der Waals surface area (Å²) in [6.45, 7) is 4.92. The normalized spacial score (nSPS) is 15.8. The number of nitrogens with one attached hydrogen (secondary N) is 1. The molecule has 0 radical (unpaired) electrons. The zero-order valence-electron chi connectivity index (χ0n) is 14.0. The van der Waals surface area contributed by atoms with Crippen molar-refractivity contribution >= 4 is 16.7 Å². The number of aromatic amines is 1. The zero-order chi connectivity index (χ0) is 16.9. The van der Waals surface area contributed by atoms with E-state index in [1.165, 1.54) is 6.20 Å². The maximum absolute atomic E-state index is 12.9. The molecular formula is C18H23N3O3. The van der Waals surface area contributed by atoms with E-state index in [1.54, 1.807) is 13.2 Å². The van der Waals surface area contributed by atoms with Crippen LogP contribution in [0, 0.1) is 0 Å². The number of pyridine rings is 1. The molecule has 128 valence electrons. The molecule has 2 aromatic rings. The molecule has 1 aliphatic heterocycles. The van der Waals surface area contributed by atoms with Gasteiger partial charge in [0.05, 0.1) is 5.56 Å². The SMILES string of the molecule is COCCCN1CCN(C(=O)c2c[nH]c(=O)c3ccccc23)CC1. The third kappa shape index (κ3) is 3.49. The van der Waals surface area contributed by atoms with E-state index in [9.17, 15) is 9.59 Å². The maximum atomic E-state index is 12.9. The van der Waals surface area contributed by atoms with Crippen molar-refractivity contribution in [1.82, 2.24) is 14.8 Å². The van der Waals surface area contributed by atoms with E-state index in [1.807, 2.05) is 23.1 Å². The molecule has 0 bridgehead atoms. The van der Waals surface area contributed by atoms with Gasteiger partial charge in [0.1, 0.15) is 0 Å². The molecule has 1 saturated heterocycles. The van der Waals surface area contributed by atoms with Gasteiger partial charge in [0.15, 0.2) is 0 Å². The first kappa shape index (κ1) is 16.7. The first-order valence-corrected chi connectivity index (χ1v) is 8.31. The quantitative estimate of drug-likeness (QED) is 0.841. The number of methoxy groups -OCH3 is 1. The van der Waals surface area contributed by atoms with Crippen molar-refractivity contribution in [2.24, 2.45) is 0 Å². The first-order valence-electron chi connectivity index (χ1n) is 8.31. The lowest BCUT2D eigenvalue weighted by atomic mass is 10.1. The van der Waals surface area contributed by atoms with Crippen molar-refractivity contribution in [3.63, 3.8) is 0 Å². The van der Waals surface area contributed by atoms with Gasteiger partial charge in [0.25, 0.3) is 11.5 Å². The fourth-order valence-corrected chi connectivity index (χ4v) is 3.16. The van der Waals surface area contributed by atoms with Gasteiger partial charge >= 0.3 is 0 Å². The monoisotopic (exact) mass is 329 g/mol. The van der Waals surface area contributed by atoms with Crippen LogP contribution >= 0.6 is 0 Å². The molecule has 0 aliphatic carbocycles. The molecule has 3 rings (SSSR count). The Morgan fingerprint density at radius 2 is 1.88 bits per heavy atom. The first-order chi connectivity index (χ1) is 11.7. The molecule has 1 aromatic carbocycles. The van der Waals surface area contributed by atoms with Crippen LogP contribution in [0.15, 0.2) is 35.3 Å². The molecule has 6 nitrogen and oxygen atoms in total. The molecule has 1 N–H and O–H groups in total. The van der Waals surface area contributed by atoms with Crippen molar-refractivity contribution in [1.29, 1.82) is 0 Å². The summed E-state index contributed by atoms with van der Waals surface area (Å²) in [7, 11) is 1.71. The van der Waals surface area contributed by atoms with E-state index < -0.39 is 0 Å². The molecule has 2 heterocycles. The Hall–Kier alpha value is -2.18. The number of carbonyl (C=O) groups is 1. The number of benzene rings is 1. The minimum atomic E-state index is -0.162. The highest BCUT2D eigenvalue weighted by atomic mass is 16.5. The minimum Gasteiger partial charge on any atom is -0.385 e. The second-order valence-corrected chi connectivity index (χ2v) is 6.06. The third-order valence-electron chi connectivity index (χ3n) is 4.52. The van der Waals surface area contributed by atoms with E-state index in [4.69, 9.17) is 4.74 Å². The summed E-state index contributed by atoms with van der Waals surface area (Å²) in [4.78, 5) is 31.7. The van der Waals surface area contributed by atoms with Crippen molar-refractivity contribution < 1.29 is 9.53 Å². The molecule has 1 aromatic heterocycles. The summed E-state index contributed by atoms with van der Waals surface area (Å²) in [5.41, 5.74) is 0.406. The molecule has 1 aliphatic rings. The Bertz CT molecular complexity index is 763. The van der Waals surface area contributed by atoms with Crippen LogP contribution in [-0.4, -0.2) is 67.1 Å². The topological polar surface area (TPSA) is 65.6 Å². The molecule has 1 amide bonds. The van der Waals surface area contributed by atoms with Crippen LogP contribution in [0.3, 0.4) is 0 Å². The number of nitrogens with zero attached hydrogens (tertiary/aromatic N) is 2. The lowest BCUT2D eigenvalue weighted by Gasteiger charge is -2.34. The number of amides is 1. The van der Waals surface area contributed by atoms with Gasteiger partial charge in [0, 0.05) is 63.4 Å². The van der Waals surface area contributed by atoms with E-state index in [0.717, 1.165) is 32.7 Å². The molecule has 1 fully saturated rings. The Morgan fingerprint density at radius 1 is 1.17 bits per heavy atom. The average Bonchev–Trinajstić information content (AvgIpc) is 2.63. The summed E-state index contributed by atoms with van der Waals surface area (Å²) >= 11 is 0. The van der Waals surface area contributed by atoms with Crippen LogP contribution in [0.2, 0.25) is 0 Å². The van der Waals surface area contributed by atoms with Gasteiger partial charge in [-0.1, -0.05) is 18.2 Å². The van der Waals surface area contributed by atoms with E-state index in [-0.39, 0.29) is 11.5 Å². The number of H-pyrrole nitrogens is 1. The van der Waals surface area contributed by atoms with E-state index >= 15 is 0 Å². The van der Waals surface area contributed by atoms with Crippen LogP contribution in [0.5, 0.6) is 0 Å². The number of rotatable bonds is 5. The van der Waals surface area contributed by atoms with E-state index in [2.05, 4.69) is 9.88 Å². The standard InChI is InChI=1S/C18H23N3O3/c1-24-12-4-7-20-8-10-21(11-9-20)18(23)16-13-19-17(22)15-6-3-2-5-14(15)16/h2-3,5-6,13H,4,7-12H2,1H3,(H,19,22). The largest absolute Gasteiger partial charge is 0.385 e. The number of carbonyl (C=O) groups excluding carboxylic acids is 1. The van der Waals surface area contributed by atoms with Crippen LogP contribution in [0.25, 0.3) is 10.8 Å². The van der Waals surface area contributed by atoms with Crippen molar-refractivity contribution in [3.05, 3.63) is 46.4 Å². The predicted molar refractivity (Wildman–Crippen MR) is 93.4 cm³/mol. The number of aromatic nitrogens is 1. The number of hydrogen-bond donors (Lipinski definition) is 1. The molecule has 0 atom stereocenters. The summed E-state index contributed by atoms with van der Waals surface area (Å²) < 4.78 is 5.08. The van der Waals surface area contributed by atoms with E-state index in [0.29, 0.717) is 29.4 Å². The van der Waals surface area contributed by atoms with Gasteiger partial charge in [-0.25, -0.2) is 0 Å². The highest BCUT2D eigenvalue weighted by Gasteiger charge is 2.23. The molecular weight excluding hydrogens is 306 g/mol. The molecule has 0 spiro atoms. The third-order valence-corrected chi connectivity index (χ3v) is 4.52. The second-order valence-electron chi connectivity index (χ2n) is 6.06. The van der Waals surface area contributed by atoms with Crippen LogP contribution < -0.4 is 5.56 Å². The minimum absolute atomic E-state index is 0.0148. The van der Waals surface area contributed by atoms with Crippen molar-refractivity contribution in [2.45, 2.75) is 6.42 Å². The van der Waals surface area contributed by atoms with Crippen LogP contribution in [0.4, 0.5) is 0 Å². The zero-order valence-corrected chi connectivity index (χ0v) is 14.0. The van der Waals surface area contributed by atoms with Gasteiger partial charge in [-0.15, -0.1) is 0 Å². The number of ether oxygens (including phenoxy) is 1. The number of fused-ring (bicyclic) bond motifs is 1. The Morgan fingerprint density at radius 3 is 2.58 bits per heavy atom. The highest BCUT2D eigenvalue weighted by molar-refractivity contribution is 6.06. The summed E-state index contributed by atoms with van der Waals surface area (Å²) in [5.74, 6) is -0.0148. The maximum Gasteiger partial charge on any atom is 0.256 e. The average molecular weight is 329 g/mol. The molecule has 6 heteroatoms. The van der Waals surface area contributed by atoms with Crippen molar-refractivity contribution in [3.8, 4) is 0 Å². The molecule has 0 saturated carbocycles. The van der Waals surface area contributed by atoms with Crippen LogP contribution in [-0.2, 0) is 4.74 Å².